The van der Waals surface area contributed by atoms with E-state index in [-0.39, 0.29) is 5.91 Å². The number of rotatable bonds is 9. The predicted molar refractivity (Wildman–Crippen MR) is 93.3 cm³/mol. The number of amides is 1. The third-order valence-electron chi connectivity index (χ3n) is 3.09. The number of carbonyl (C=O) groups is 1. The summed E-state index contributed by atoms with van der Waals surface area (Å²) in [5, 5.41) is 2.86. The Kier molecular flexibility index (Phi) is 7.33. The number of nitrogens with one attached hydrogen (secondary N) is 1. The maximum Gasteiger partial charge on any atom is 0.220 e. The summed E-state index contributed by atoms with van der Waals surface area (Å²) in [5.41, 5.74) is 0. The molecule has 0 saturated carbocycles. The SMILES string of the molecule is COc1ccccc1OCCNC(=O)CCSc1ccccc1. The van der Waals surface area contributed by atoms with E-state index in [2.05, 4.69) is 5.32 Å². The van der Waals surface area contributed by atoms with E-state index in [1.807, 2.05) is 54.6 Å². The molecule has 122 valence electrons. The summed E-state index contributed by atoms with van der Waals surface area (Å²) >= 11 is 1.68. The molecule has 2 rings (SSSR count). The van der Waals surface area contributed by atoms with Crippen molar-refractivity contribution in [2.75, 3.05) is 26.0 Å². The number of hydrogen-bond acceptors (Lipinski definition) is 4. The van der Waals surface area contributed by atoms with E-state index in [1.54, 1.807) is 18.9 Å². The second kappa shape index (κ2) is 9.79. The van der Waals surface area contributed by atoms with Crippen LogP contribution in [-0.2, 0) is 4.79 Å². The van der Waals surface area contributed by atoms with Gasteiger partial charge in [-0.25, -0.2) is 0 Å². The molecule has 0 aromatic heterocycles. The average molecular weight is 331 g/mol. The first-order chi connectivity index (χ1) is 11.3. The highest BCUT2D eigenvalue weighted by molar-refractivity contribution is 7.99. The number of thioether (sulfide) groups is 1. The molecule has 0 radical (unpaired) electrons. The smallest absolute Gasteiger partial charge is 0.220 e. The highest BCUT2D eigenvalue weighted by Crippen LogP contribution is 2.25. The van der Waals surface area contributed by atoms with E-state index in [9.17, 15) is 4.79 Å². The van der Waals surface area contributed by atoms with Gasteiger partial charge in [-0.15, -0.1) is 11.8 Å². The summed E-state index contributed by atoms with van der Waals surface area (Å²) in [6.45, 7) is 0.894. The Labute approximate surface area is 141 Å². The quantitative estimate of drug-likeness (QED) is 0.565. The van der Waals surface area contributed by atoms with Crippen molar-refractivity contribution >= 4 is 17.7 Å². The molecule has 2 aromatic rings. The molecule has 2 aromatic carbocycles. The third-order valence-corrected chi connectivity index (χ3v) is 4.11. The molecule has 23 heavy (non-hydrogen) atoms. The maximum absolute atomic E-state index is 11.8. The van der Waals surface area contributed by atoms with E-state index in [0.29, 0.717) is 31.1 Å². The van der Waals surface area contributed by atoms with Gasteiger partial charge in [0.15, 0.2) is 11.5 Å². The molecule has 0 heterocycles. The van der Waals surface area contributed by atoms with Crippen molar-refractivity contribution in [3.8, 4) is 11.5 Å². The van der Waals surface area contributed by atoms with Gasteiger partial charge in [-0.05, 0) is 24.3 Å². The number of ether oxygens (including phenoxy) is 2. The van der Waals surface area contributed by atoms with Crippen molar-refractivity contribution in [2.45, 2.75) is 11.3 Å². The third kappa shape index (κ3) is 6.24. The molecule has 0 aliphatic heterocycles. The lowest BCUT2D eigenvalue weighted by Gasteiger charge is -2.10. The number of methoxy groups -OCH3 is 1. The Morgan fingerprint density at radius 3 is 2.48 bits per heavy atom. The molecule has 0 fully saturated rings. The lowest BCUT2D eigenvalue weighted by molar-refractivity contribution is -0.120. The fourth-order valence-electron chi connectivity index (χ4n) is 1.96. The molecule has 5 heteroatoms. The van der Waals surface area contributed by atoms with Crippen LogP contribution in [0.25, 0.3) is 0 Å². The molecular weight excluding hydrogens is 310 g/mol. The number of para-hydroxylation sites is 2. The highest BCUT2D eigenvalue weighted by atomic mass is 32.2. The van der Waals surface area contributed by atoms with Gasteiger partial charge in [0.2, 0.25) is 5.91 Å². The summed E-state index contributed by atoms with van der Waals surface area (Å²) in [5.74, 6) is 2.18. The zero-order valence-corrected chi connectivity index (χ0v) is 14.0. The number of carbonyl (C=O) groups excluding carboxylic acids is 1. The van der Waals surface area contributed by atoms with Crippen molar-refractivity contribution < 1.29 is 14.3 Å². The Balaban J connectivity index is 1.59. The van der Waals surface area contributed by atoms with Crippen LogP contribution in [0.3, 0.4) is 0 Å². The molecule has 0 aliphatic rings. The Morgan fingerprint density at radius 1 is 1.04 bits per heavy atom. The van der Waals surface area contributed by atoms with Crippen LogP contribution >= 0.6 is 11.8 Å². The topological polar surface area (TPSA) is 47.6 Å². The molecular formula is C18H21NO3S. The van der Waals surface area contributed by atoms with Crippen LogP contribution in [0.2, 0.25) is 0 Å². The first kappa shape index (κ1) is 17.2. The van der Waals surface area contributed by atoms with Crippen LogP contribution in [0, 0.1) is 0 Å². The van der Waals surface area contributed by atoms with Gasteiger partial charge < -0.3 is 14.8 Å². The molecule has 4 nitrogen and oxygen atoms in total. The van der Waals surface area contributed by atoms with E-state index < -0.39 is 0 Å². The number of hydrogen-bond donors (Lipinski definition) is 1. The maximum atomic E-state index is 11.8. The summed E-state index contributed by atoms with van der Waals surface area (Å²) in [7, 11) is 1.61. The van der Waals surface area contributed by atoms with Crippen molar-refractivity contribution in [3.05, 3.63) is 54.6 Å². The standard InChI is InChI=1S/C18H21NO3S/c1-21-16-9-5-6-10-17(16)22-13-12-19-18(20)11-14-23-15-7-3-2-4-8-15/h2-10H,11-14H2,1H3,(H,19,20). The van der Waals surface area contributed by atoms with Gasteiger partial charge in [-0.2, -0.15) is 0 Å². The minimum absolute atomic E-state index is 0.0389. The van der Waals surface area contributed by atoms with Crippen molar-refractivity contribution in [2.24, 2.45) is 0 Å². The normalized spacial score (nSPS) is 10.1. The van der Waals surface area contributed by atoms with Crippen LogP contribution in [0.4, 0.5) is 0 Å². The summed E-state index contributed by atoms with van der Waals surface area (Å²) in [6.07, 6.45) is 0.494. The first-order valence-corrected chi connectivity index (χ1v) is 8.48. The number of benzene rings is 2. The Bertz CT molecular complexity index is 604. The molecule has 0 unspecified atom stereocenters. The van der Waals surface area contributed by atoms with E-state index >= 15 is 0 Å². The van der Waals surface area contributed by atoms with Crippen LogP contribution in [0.15, 0.2) is 59.5 Å². The van der Waals surface area contributed by atoms with Gasteiger partial charge in [-0.3, -0.25) is 4.79 Å². The lowest BCUT2D eigenvalue weighted by atomic mass is 10.3. The fraction of sp³-hybridized carbons (Fsp3) is 0.278. The van der Waals surface area contributed by atoms with Gasteiger partial charge >= 0.3 is 0 Å². The summed E-state index contributed by atoms with van der Waals surface area (Å²) in [4.78, 5) is 12.9. The fourth-order valence-corrected chi connectivity index (χ4v) is 2.83. The molecule has 0 atom stereocenters. The first-order valence-electron chi connectivity index (χ1n) is 7.50. The minimum Gasteiger partial charge on any atom is -0.493 e. The Hall–Kier alpha value is -2.14. The second-order valence-corrected chi connectivity index (χ2v) is 5.93. The molecule has 1 amide bonds. The summed E-state index contributed by atoms with van der Waals surface area (Å²) < 4.78 is 10.8. The molecule has 0 aliphatic carbocycles. The van der Waals surface area contributed by atoms with E-state index in [1.165, 1.54) is 4.90 Å². The van der Waals surface area contributed by atoms with Crippen LogP contribution in [-0.4, -0.2) is 31.9 Å². The highest BCUT2D eigenvalue weighted by Gasteiger charge is 2.04. The van der Waals surface area contributed by atoms with Gasteiger partial charge in [0.05, 0.1) is 13.7 Å². The van der Waals surface area contributed by atoms with Crippen LogP contribution in [0.5, 0.6) is 11.5 Å². The molecule has 0 saturated heterocycles. The zero-order valence-electron chi connectivity index (χ0n) is 13.2. The largest absolute Gasteiger partial charge is 0.493 e. The van der Waals surface area contributed by atoms with Gasteiger partial charge in [0, 0.05) is 17.1 Å². The van der Waals surface area contributed by atoms with Gasteiger partial charge in [0.1, 0.15) is 6.61 Å². The van der Waals surface area contributed by atoms with Crippen molar-refractivity contribution in [3.63, 3.8) is 0 Å². The Morgan fingerprint density at radius 2 is 1.74 bits per heavy atom. The zero-order chi connectivity index (χ0) is 16.3. The molecule has 1 N–H and O–H groups in total. The molecule has 0 bridgehead atoms. The van der Waals surface area contributed by atoms with Crippen LogP contribution in [0.1, 0.15) is 6.42 Å². The lowest BCUT2D eigenvalue weighted by Crippen LogP contribution is -2.28. The second-order valence-electron chi connectivity index (χ2n) is 4.76. The summed E-state index contributed by atoms with van der Waals surface area (Å²) in [6, 6.07) is 17.5. The van der Waals surface area contributed by atoms with Crippen molar-refractivity contribution in [1.29, 1.82) is 0 Å². The van der Waals surface area contributed by atoms with E-state index in [4.69, 9.17) is 9.47 Å². The molecule has 0 spiro atoms. The average Bonchev–Trinajstić information content (AvgIpc) is 2.60. The van der Waals surface area contributed by atoms with Gasteiger partial charge in [0.25, 0.3) is 0 Å². The van der Waals surface area contributed by atoms with Crippen molar-refractivity contribution in [1.82, 2.24) is 5.32 Å². The predicted octanol–water partition coefficient (Wildman–Crippen LogP) is 3.37. The van der Waals surface area contributed by atoms with Crippen LogP contribution < -0.4 is 14.8 Å². The monoisotopic (exact) mass is 331 g/mol. The minimum atomic E-state index is 0.0389. The van der Waals surface area contributed by atoms with Gasteiger partial charge in [-0.1, -0.05) is 30.3 Å². The van der Waals surface area contributed by atoms with E-state index in [0.717, 1.165) is 5.75 Å².